The van der Waals surface area contributed by atoms with Crippen molar-refractivity contribution in [2.45, 2.75) is 29.1 Å². The topological polar surface area (TPSA) is 6.48 Å². The highest BCUT2D eigenvalue weighted by molar-refractivity contribution is 9.10. The Labute approximate surface area is 164 Å². The van der Waals surface area contributed by atoms with Gasteiger partial charge in [-0.05, 0) is 75.3 Å². The smallest absolute Gasteiger partial charge is 0.0553 e. The van der Waals surface area contributed by atoms with Gasteiger partial charge in [0.15, 0.2) is 0 Å². The van der Waals surface area contributed by atoms with E-state index < -0.39 is 0 Å². The lowest BCUT2D eigenvalue weighted by molar-refractivity contribution is 0.335. The van der Waals surface area contributed by atoms with Crippen LogP contribution in [0.2, 0.25) is 0 Å². The summed E-state index contributed by atoms with van der Waals surface area (Å²) < 4.78 is 2.29. The number of benzene rings is 2. The minimum atomic E-state index is 1.07. The molecular weight excluding hydrogens is 448 g/mol. The van der Waals surface area contributed by atoms with Crippen LogP contribution in [0, 0.1) is 0 Å². The summed E-state index contributed by atoms with van der Waals surface area (Å²) in [5, 5.41) is 0. The average molecular weight is 468 g/mol. The van der Waals surface area contributed by atoms with Crippen molar-refractivity contribution in [3.05, 3.63) is 45.3 Å². The zero-order valence-corrected chi connectivity index (χ0v) is 17.5. The molecule has 24 heavy (non-hydrogen) atoms. The van der Waals surface area contributed by atoms with Crippen LogP contribution < -0.4 is 4.90 Å². The van der Waals surface area contributed by atoms with E-state index in [1.54, 1.807) is 0 Å². The second-order valence-corrected chi connectivity index (χ2v) is 9.30. The van der Waals surface area contributed by atoms with E-state index in [1.165, 1.54) is 60.1 Å². The van der Waals surface area contributed by atoms with Crippen molar-refractivity contribution in [1.29, 1.82) is 0 Å². The van der Waals surface area contributed by atoms with E-state index >= 15 is 0 Å². The van der Waals surface area contributed by atoms with E-state index in [9.17, 15) is 0 Å². The summed E-state index contributed by atoms with van der Waals surface area (Å²) in [6.07, 6.45) is 3.94. The van der Waals surface area contributed by atoms with Crippen molar-refractivity contribution >= 4 is 55.0 Å². The molecule has 0 radical (unpaired) electrons. The number of rotatable bonds is 4. The van der Waals surface area contributed by atoms with Gasteiger partial charge in [0.2, 0.25) is 0 Å². The number of halogens is 2. The van der Waals surface area contributed by atoms with Gasteiger partial charge in [0.25, 0.3) is 0 Å². The third kappa shape index (κ3) is 3.55. The SMILES string of the molecule is Brc1ccc2c(c1)Sc1cc(Br)ccc1N2CCCN1CCCC1. The Balaban J connectivity index is 1.59. The molecule has 0 bridgehead atoms. The van der Waals surface area contributed by atoms with Gasteiger partial charge in [-0.3, -0.25) is 0 Å². The van der Waals surface area contributed by atoms with E-state index in [0.29, 0.717) is 0 Å². The predicted molar refractivity (Wildman–Crippen MR) is 110 cm³/mol. The van der Waals surface area contributed by atoms with Crippen LogP contribution in [-0.2, 0) is 0 Å². The molecule has 2 aliphatic heterocycles. The average Bonchev–Trinajstić information content (AvgIpc) is 3.07. The maximum absolute atomic E-state index is 3.61. The lowest BCUT2D eigenvalue weighted by Gasteiger charge is -2.33. The van der Waals surface area contributed by atoms with E-state index in [0.717, 1.165) is 15.5 Å². The number of hydrogen-bond donors (Lipinski definition) is 0. The maximum Gasteiger partial charge on any atom is 0.0553 e. The molecule has 2 heterocycles. The van der Waals surface area contributed by atoms with Crippen molar-refractivity contribution in [1.82, 2.24) is 4.90 Å². The molecular formula is C19H20Br2N2S. The molecule has 4 rings (SSSR count). The Morgan fingerprint density at radius 3 is 2.00 bits per heavy atom. The van der Waals surface area contributed by atoms with Gasteiger partial charge in [-0.15, -0.1) is 0 Å². The van der Waals surface area contributed by atoms with E-state index in [1.807, 2.05) is 11.8 Å². The summed E-state index contributed by atoms with van der Waals surface area (Å²) in [5.41, 5.74) is 2.67. The summed E-state index contributed by atoms with van der Waals surface area (Å²) in [5.74, 6) is 0. The van der Waals surface area contributed by atoms with E-state index in [2.05, 4.69) is 78.1 Å². The molecule has 5 heteroatoms. The molecule has 0 atom stereocenters. The molecule has 0 N–H and O–H groups in total. The molecule has 2 nitrogen and oxygen atoms in total. The summed E-state index contributed by atoms with van der Waals surface area (Å²) in [6.45, 7) is 4.84. The van der Waals surface area contributed by atoms with Gasteiger partial charge in [0.05, 0.1) is 11.4 Å². The fourth-order valence-electron chi connectivity index (χ4n) is 3.53. The molecule has 0 spiro atoms. The minimum absolute atomic E-state index is 1.07. The second kappa shape index (κ2) is 7.40. The van der Waals surface area contributed by atoms with Crippen molar-refractivity contribution in [2.24, 2.45) is 0 Å². The first kappa shape index (κ1) is 17.0. The zero-order valence-electron chi connectivity index (χ0n) is 13.5. The van der Waals surface area contributed by atoms with Gasteiger partial charge < -0.3 is 9.80 Å². The molecule has 2 aliphatic rings. The molecule has 1 fully saturated rings. The zero-order chi connectivity index (χ0) is 16.5. The third-order valence-electron chi connectivity index (χ3n) is 4.70. The van der Waals surface area contributed by atoms with Gasteiger partial charge in [-0.1, -0.05) is 43.6 Å². The van der Waals surface area contributed by atoms with Crippen LogP contribution in [0.5, 0.6) is 0 Å². The van der Waals surface area contributed by atoms with Crippen LogP contribution in [0.4, 0.5) is 11.4 Å². The number of nitrogens with zero attached hydrogens (tertiary/aromatic N) is 2. The number of fused-ring (bicyclic) bond motifs is 2. The van der Waals surface area contributed by atoms with Gasteiger partial charge in [0, 0.05) is 25.3 Å². The van der Waals surface area contributed by atoms with Gasteiger partial charge in [-0.2, -0.15) is 0 Å². The molecule has 0 saturated carbocycles. The number of hydrogen-bond acceptors (Lipinski definition) is 3. The highest BCUT2D eigenvalue weighted by atomic mass is 79.9. The molecule has 0 aromatic heterocycles. The van der Waals surface area contributed by atoms with Crippen molar-refractivity contribution in [3.8, 4) is 0 Å². The quantitative estimate of drug-likeness (QED) is 0.520. The van der Waals surface area contributed by atoms with Crippen LogP contribution in [0.3, 0.4) is 0 Å². The third-order valence-corrected chi connectivity index (χ3v) is 6.78. The van der Waals surface area contributed by atoms with Crippen LogP contribution in [0.1, 0.15) is 19.3 Å². The number of anilines is 2. The monoisotopic (exact) mass is 466 g/mol. The summed E-state index contributed by atoms with van der Waals surface area (Å²) in [4.78, 5) is 7.76. The summed E-state index contributed by atoms with van der Waals surface area (Å²) in [7, 11) is 0. The first-order valence-corrected chi connectivity index (χ1v) is 10.9. The van der Waals surface area contributed by atoms with Gasteiger partial charge in [-0.25, -0.2) is 0 Å². The first-order valence-electron chi connectivity index (χ1n) is 8.47. The maximum atomic E-state index is 3.61. The Kier molecular flexibility index (Phi) is 5.23. The highest BCUT2D eigenvalue weighted by Gasteiger charge is 2.24. The largest absolute Gasteiger partial charge is 0.340 e. The number of likely N-dealkylation sites (tertiary alicyclic amines) is 1. The molecule has 0 unspecified atom stereocenters. The first-order chi connectivity index (χ1) is 11.7. The van der Waals surface area contributed by atoms with Crippen LogP contribution in [0.15, 0.2) is 55.1 Å². The lowest BCUT2D eigenvalue weighted by atomic mass is 10.2. The van der Waals surface area contributed by atoms with Crippen molar-refractivity contribution in [3.63, 3.8) is 0 Å². The molecule has 0 aliphatic carbocycles. The second-order valence-electron chi connectivity index (χ2n) is 6.38. The lowest BCUT2D eigenvalue weighted by Crippen LogP contribution is -2.27. The fraction of sp³-hybridized carbons (Fsp3) is 0.368. The van der Waals surface area contributed by atoms with Crippen LogP contribution >= 0.6 is 43.6 Å². The molecule has 1 saturated heterocycles. The molecule has 2 aromatic carbocycles. The Hall–Kier alpha value is -0.490. The van der Waals surface area contributed by atoms with Gasteiger partial charge >= 0.3 is 0 Å². The van der Waals surface area contributed by atoms with Crippen LogP contribution in [-0.4, -0.2) is 31.1 Å². The van der Waals surface area contributed by atoms with Crippen molar-refractivity contribution in [2.75, 3.05) is 31.1 Å². The molecule has 0 amide bonds. The van der Waals surface area contributed by atoms with E-state index in [4.69, 9.17) is 0 Å². The predicted octanol–water partition coefficient (Wildman–Crippen LogP) is 6.30. The normalized spacial score (nSPS) is 17.0. The van der Waals surface area contributed by atoms with Crippen molar-refractivity contribution < 1.29 is 0 Å². The Morgan fingerprint density at radius 2 is 1.42 bits per heavy atom. The fourth-order valence-corrected chi connectivity index (χ4v) is 5.73. The van der Waals surface area contributed by atoms with E-state index in [-0.39, 0.29) is 0 Å². The highest BCUT2D eigenvalue weighted by Crippen LogP contribution is 2.49. The standard InChI is InChI=1S/C19H20Br2N2S/c20-14-4-6-16-18(12-14)24-19-13-15(21)5-7-17(19)23(16)11-3-10-22-8-1-2-9-22/h4-7,12-13H,1-3,8-11H2. The molecule has 126 valence electrons. The van der Waals surface area contributed by atoms with Crippen LogP contribution in [0.25, 0.3) is 0 Å². The minimum Gasteiger partial charge on any atom is -0.340 e. The summed E-state index contributed by atoms with van der Waals surface area (Å²) in [6, 6.07) is 13.3. The Bertz CT molecular complexity index is 693. The van der Waals surface area contributed by atoms with Gasteiger partial charge in [0.1, 0.15) is 0 Å². The molecule has 2 aromatic rings. The Morgan fingerprint density at radius 1 is 0.833 bits per heavy atom. The summed E-state index contributed by atoms with van der Waals surface area (Å²) >= 11 is 9.09.